The molecule has 0 aliphatic heterocycles. The van der Waals surface area contributed by atoms with Crippen LogP contribution in [0.15, 0.2) is 47.3 Å². The molecule has 0 aliphatic carbocycles. The summed E-state index contributed by atoms with van der Waals surface area (Å²) in [5.74, 6) is 1.39. The van der Waals surface area contributed by atoms with Gasteiger partial charge in [-0.3, -0.25) is 9.36 Å². The van der Waals surface area contributed by atoms with Crippen LogP contribution >= 0.6 is 11.6 Å². The van der Waals surface area contributed by atoms with Crippen LogP contribution in [0.25, 0.3) is 16.6 Å². The van der Waals surface area contributed by atoms with E-state index < -0.39 is 0 Å². The highest BCUT2D eigenvalue weighted by atomic mass is 35.5. The fourth-order valence-corrected chi connectivity index (χ4v) is 3.07. The minimum Gasteiger partial charge on any atom is -0.497 e. The molecule has 0 radical (unpaired) electrons. The topological polar surface area (TPSA) is 56.2 Å². The Kier molecular flexibility index (Phi) is 5.59. The quantitative estimate of drug-likeness (QED) is 0.708. The molecule has 0 saturated carbocycles. The Morgan fingerprint density at radius 1 is 1.23 bits per heavy atom. The molecule has 0 bridgehead atoms. The maximum Gasteiger partial charge on any atom is 0.266 e. The van der Waals surface area contributed by atoms with Gasteiger partial charge in [0.25, 0.3) is 5.56 Å². The zero-order valence-corrected chi connectivity index (χ0v) is 15.9. The predicted molar refractivity (Wildman–Crippen MR) is 106 cm³/mol. The smallest absolute Gasteiger partial charge is 0.266 e. The number of nitrogens with one attached hydrogen (secondary N) is 1. The Morgan fingerprint density at radius 2 is 1.96 bits per heavy atom. The molecule has 6 heteroatoms. The fraction of sp³-hybridized carbons (Fsp3) is 0.300. The normalized spacial score (nSPS) is 12.3. The van der Waals surface area contributed by atoms with Crippen molar-refractivity contribution in [2.75, 3.05) is 13.7 Å². The van der Waals surface area contributed by atoms with Gasteiger partial charge in [0.1, 0.15) is 11.6 Å². The molecule has 3 rings (SSSR count). The van der Waals surface area contributed by atoms with Gasteiger partial charge in [0.15, 0.2) is 0 Å². The van der Waals surface area contributed by atoms with Crippen molar-refractivity contribution in [3.05, 3.63) is 63.7 Å². The zero-order chi connectivity index (χ0) is 18.7. The number of aromatic nitrogens is 2. The minimum atomic E-state index is -0.114. The fourth-order valence-electron chi connectivity index (χ4n) is 2.90. The molecular weight excluding hydrogens is 350 g/mol. The number of ether oxygens (including phenoxy) is 1. The van der Waals surface area contributed by atoms with Gasteiger partial charge < -0.3 is 10.1 Å². The molecule has 136 valence electrons. The van der Waals surface area contributed by atoms with Gasteiger partial charge >= 0.3 is 0 Å². The molecule has 0 unspecified atom stereocenters. The third kappa shape index (κ3) is 3.59. The molecule has 0 aliphatic rings. The van der Waals surface area contributed by atoms with E-state index in [1.54, 1.807) is 29.9 Å². The van der Waals surface area contributed by atoms with E-state index in [0.717, 1.165) is 24.4 Å². The SMILES string of the molecule is CCCN[C@@H](C)c1nc2cc(Cl)ccc2c(=O)n1-c1ccc(OC)cc1. The average Bonchev–Trinajstić information content (AvgIpc) is 2.65. The summed E-state index contributed by atoms with van der Waals surface area (Å²) in [6.07, 6.45) is 0.997. The van der Waals surface area contributed by atoms with Gasteiger partial charge in [-0.1, -0.05) is 18.5 Å². The van der Waals surface area contributed by atoms with E-state index in [1.165, 1.54) is 0 Å². The van der Waals surface area contributed by atoms with E-state index in [9.17, 15) is 4.79 Å². The predicted octanol–water partition coefficient (Wildman–Crippen LogP) is 4.11. The lowest BCUT2D eigenvalue weighted by Gasteiger charge is -2.19. The molecule has 26 heavy (non-hydrogen) atoms. The van der Waals surface area contributed by atoms with Crippen LogP contribution in [0.3, 0.4) is 0 Å². The molecule has 2 aromatic carbocycles. The zero-order valence-electron chi connectivity index (χ0n) is 15.1. The number of halogens is 1. The van der Waals surface area contributed by atoms with E-state index >= 15 is 0 Å². The van der Waals surface area contributed by atoms with Crippen LogP contribution in [0, 0.1) is 0 Å². The van der Waals surface area contributed by atoms with Crippen LogP contribution in [0.2, 0.25) is 5.02 Å². The van der Waals surface area contributed by atoms with Crippen molar-refractivity contribution in [2.24, 2.45) is 0 Å². The van der Waals surface area contributed by atoms with E-state index in [2.05, 4.69) is 12.2 Å². The van der Waals surface area contributed by atoms with Crippen LogP contribution in [0.5, 0.6) is 5.75 Å². The molecule has 0 saturated heterocycles. The number of hydrogen-bond acceptors (Lipinski definition) is 4. The Labute approximate surface area is 157 Å². The standard InChI is InChI=1S/C20H22ClN3O2/c1-4-11-22-13(2)19-23-18-12-14(21)5-10-17(18)20(25)24(19)15-6-8-16(26-3)9-7-15/h5-10,12-13,22H,4,11H2,1-3H3/t13-/m0/s1. The number of hydrogen-bond donors (Lipinski definition) is 1. The number of nitrogens with zero attached hydrogens (tertiary/aromatic N) is 2. The molecule has 1 atom stereocenters. The Balaban J connectivity index is 2.24. The van der Waals surface area contributed by atoms with Crippen LogP contribution in [-0.4, -0.2) is 23.2 Å². The van der Waals surface area contributed by atoms with E-state index in [-0.39, 0.29) is 11.6 Å². The van der Waals surface area contributed by atoms with Gasteiger partial charge in [-0.05, 0) is 62.4 Å². The highest BCUT2D eigenvalue weighted by Gasteiger charge is 2.17. The summed E-state index contributed by atoms with van der Waals surface area (Å²) in [6.45, 7) is 4.95. The molecule has 0 spiro atoms. The molecule has 1 heterocycles. The lowest BCUT2D eigenvalue weighted by molar-refractivity contribution is 0.414. The van der Waals surface area contributed by atoms with Gasteiger partial charge in [-0.15, -0.1) is 0 Å². The number of fused-ring (bicyclic) bond motifs is 1. The molecular formula is C20H22ClN3O2. The monoisotopic (exact) mass is 371 g/mol. The Hall–Kier alpha value is -2.37. The van der Waals surface area contributed by atoms with Gasteiger partial charge in [-0.2, -0.15) is 0 Å². The average molecular weight is 372 g/mol. The van der Waals surface area contributed by atoms with Crippen LogP contribution in [0.1, 0.15) is 32.1 Å². The molecule has 1 N–H and O–H groups in total. The van der Waals surface area contributed by atoms with Gasteiger partial charge in [0, 0.05) is 5.02 Å². The first-order valence-electron chi connectivity index (χ1n) is 8.65. The molecule has 0 amide bonds. The third-order valence-corrected chi connectivity index (χ3v) is 4.51. The van der Waals surface area contributed by atoms with E-state index in [1.807, 2.05) is 31.2 Å². The van der Waals surface area contributed by atoms with Crippen molar-refractivity contribution in [2.45, 2.75) is 26.3 Å². The lowest BCUT2D eigenvalue weighted by Crippen LogP contribution is -2.30. The maximum absolute atomic E-state index is 13.2. The van der Waals surface area contributed by atoms with Gasteiger partial charge in [0.05, 0.1) is 29.7 Å². The summed E-state index contributed by atoms with van der Waals surface area (Å²) >= 11 is 6.10. The summed E-state index contributed by atoms with van der Waals surface area (Å²) in [5, 5.41) is 4.51. The second kappa shape index (κ2) is 7.89. The number of methoxy groups -OCH3 is 1. The van der Waals surface area contributed by atoms with Crippen molar-refractivity contribution in [3.63, 3.8) is 0 Å². The van der Waals surface area contributed by atoms with Gasteiger partial charge in [0.2, 0.25) is 0 Å². The van der Waals surface area contributed by atoms with Crippen molar-refractivity contribution >= 4 is 22.5 Å². The Morgan fingerprint density at radius 3 is 2.62 bits per heavy atom. The minimum absolute atomic E-state index is 0.0897. The largest absolute Gasteiger partial charge is 0.497 e. The van der Waals surface area contributed by atoms with Crippen LogP contribution < -0.4 is 15.6 Å². The van der Waals surface area contributed by atoms with E-state index in [4.69, 9.17) is 21.3 Å². The number of benzene rings is 2. The Bertz CT molecular complexity index is 967. The van der Waals surface area contributed by atoms with Crippen LogP contribution in [-0.2, 0) is 0 Å². The van der Waals surface area contributed by atoms with Crippen molar-refractivity contribution in [3.8, 4) is 11.4 Å². The molecule has 5 nitrogen and oxygen atoms in total. The summed E-state index contributed by atoms with van der Waals surface area (Å²) in [7, 11) is 1.62. The highest BCUT2D eigenvalue weighted by molar-refractivity contribution is 6.31. The summed E-state index contributed by atoms with van der Waals surface area (Å²) in [6, 6.07) is 12.5. The second-order valence-corrected chi connectivity index (χ2v) is 6.58. The third-order valence-electron chi connectivity index (χ3n) is 4.28. The van der Waals surface area contributed by atoms with Crippen molar-refractivity contribution in [1.29, 1.82) is 0 Å². The summed E-state index contributed by atoms with van der Waals surface area (Å²) in [5.41, 5.74) is 1.24. The molecule has 1 aromatic heterocycles. The van der Waals surface area contributed by atoms with Gasteiger partial charge in [-0.25, -0.2) is 4.98 Å². The first kappa shape index (κ1) is 18.4. The highest BCUT2D eigenvalue weighted by Crippen LogP contribution is 2.22. The van der Waals surface area contributed by atoms with Crippen LogP contribution in [0.4, 0.5) is 0 Å². The number of rotatable bonds is 6. The molecule has 0 fully saturated rings. The van der Waals surface area contributed by atoms with Crippen molar-refractivity contribution in [1.82, 2.24) is 14.9 Å². The first-order chi connectivity index (χ1) is 12.5. The van der Waals surface area contributed by atoms with E-state index in [0.29, 0.717) is 21.7 Å². The van der Waals surface area contributed by atoms with Crippen molar-refractivity contribution < 1.29 is 4.74 Å². The first-order valence-corrected chi connectivity index (χ1v) is 9.03. The maximum atomic E-state index is 13.2. The molecule has 3 aromatic rings. The lowest BCUT2D eigenvalue weighted by atomic mass is 10.2. The second-order valence-electron chi connectivity index (χ2n) is 6.15. The summed E-state index contributed by atoms with van der Waals surface area (Å²) in [4.78, 5) is 18.0. The summed E-state index contributed by atoms with van der Waals surface area (Å²) < 4.78 is 6.88.